The highest BCUT2D eigenvalue weighted by atomic mass is 16.2. The Kier molecular flexibility index (Phi) is 5.02. The Balaban J connectivity index is 1.76. The summed E-state index contributed by atoms with van der Waals surface area (Å²) in [6, 6.07) is 10.0. The molecule has 25 heavy (non-hydrogen) atoms. The first kappa shape index (κ1) is 17.4. The highest BCUT2D eigenvalue weighted by Crippen LogP contribution is 2.25. The zero-order valence-corrected chi connectivity index (χ0v) is 15.5. The molecule has 1 aromatic heterocycles. The van der Waals surface area contributed by atoms with Crippen LogP contribution in [-0.4, -0.2) is 41.1 Å². The molecule has 5 nitrogen and oxygen atoms in total. The molecule has 0 bridgehead atoms. The van der Waals surface area contributed by atoms with Crippen LogP contribution in [0.4, 0.5) is 5.82 Å². The highest BCUT2D eigenvalue weighted by molar-refractivity contribution is 5.92. The summed E-state index contributed by atoms with van der Waals surface area (Å²) < 4.78 is 0. The van der Waals surface area contributed by atoms with Crippen molar-refractivity contribution < 1.29 is 4.79 Å². The average molecular weight is 338 g/mol. The zero-order chi connectivity index (χ0) is 18.0. The zero-order valence-electron chi connectivity index (χ0n) is 15.5. The Morgan fingerprint density at radius 3 is 2.48 bits per heavy atom. The van der Waals surface area contributed by atoms with E-state index in [-0.39, 0.29) is 11.9 Å². The summed E-state index contributed by atoms with van der Waals surface area (Å²) in [5.74, 6) is 0.758. The molecule has 1 aromatic carbocycles. The van der Waals surface area contributed by atoms with Crippen molar-refractivity contribution in [3.8, 4) is 0 Å². The SMILES string of the molecule is Cc1ccc(C)c([C@H](C)N(C)C(=O)c2ccc(N3CCCC3)nn2)c1. The predicted molar refractivity (Wildman–Crippen MR) is 99.9 cm³/mol. The monoisotopic (exact) mass is 338 g/mol. The number of nitrogens with zero attached hydrogens (tertiary/aromatic N) is 4. The molecule has 0 radical (unpaired) electrons. The molecule has 1 atom stereocenters. The normalized spacial score (nSPS) is 15.3. The fourth-order valence-corrected chi connectivity index (χ4v) is 3.33. The van der Waals surface area contributed by atoms with Crippen LogP contribution in [0.1, 0.15) is 53.0 Å². The van der Waals surface area contributed by atoms with Gasteiger partial charge in [0, 0.05) is 20.1 Å². The maximum absolute atomic E-state index is 12.8. The minimum Gasteiger partial charge on any atom is -0.355 e. The molecule has 2 aromatic rings. The minimum absolute atomic E-state index is 0.0209. The van der Waals surface area contributed by atoms with Crippen molar-refractivity contribution in [3.05, 3.63) is 52.7 Å². The number of anilines is 1. The van der Waals surface area contributed by atoms with Crippen LogP contribution in [0.3, 0.4) is 0 Å². The van der Waals surface area contributed by atoms with Gasteiger partial charge in [-0.05, 0) is 56.9 Å². The molecule has 5 heteroatoms. The lowest BCUT2D eigenvalue weighted by atomic mass is 9.99. The standard InChI is InChI=1S/C20H26N4O/c1-14-7-8-15(2)17(13-14)16(3)23(4)20(25)18-9-10-19(22-21-18)24-11-5-6-12-24/h7-10,13,16H,5-6,11-12H2,1-4H3/t16-/m0/s1. The molecule has 132 valence electrons. The van der Waals surface area contributed by atoms with Gasteiger partial charge in [0.15, 0.2) is 11.5 Å². The molecular formula is C20H26N4O. The second-order valence-electron chi connectivity index (χ2n) is 6.92. The number of rotatable bonds is 4. The number of carbonyl (C=O) groups excluding carboxylic acids is 1. The molecular weight excluding hydrogens is 312 g/mol. The van der Waals surface area contributed by atoms with Gasteiger partial charge in [0.2, 0.25) is 0 Å². The van der Waals surface area contributed by atoms with Crippen LogP contribution in [0, 0.1) is 13.8 Å². The number of benzene rings is 1. The van der Waals surface area contributed by atoms with Crippen molar-refractivity contribution in [1.82, 2.24) is 15.1 Å². The van der Waals surface area contributed by atoms with Crippen molar-refractivity contribution in [2.24, 2.45) is 0 Å². The van der Waals surface area contributed by atoms with E-state index in [1.165, 1.54) is 24.0 Å². The third-order valence-corrected chi connectivity index (χ3v) is 5.09. The van der Waals surface area contributed by atoms with Crippen LogP contribution < -0.4 is 4.90 Å². The van der Waals surface area contributed by atoms with Gasteiger partial charge in [0.05, 0.1) is 6.04 Å². The number of hydrogen-bond acceptors (Lipinski definition) is 4. The number of carbonyl (C=O) groups is 1. The Morgan fingerprint density at radius 1 is 1.12 bits per heavy atom. The average Bonchev–Trinajstić information content (AvgIpc) is 3.16. The molecule has 1 saturated heterocycles. The van der Waals surface area contributed by atoms with E-state index < -0.39 is 0 Å². The van der Waals surface area contributed by atoms with Crippen molar-refractivity contribution in [2.45, 2.75) is 39.7 Å². The van der Waals surface area contributed by atoms with E-state index in [9.17, 15) is 4.79 Å². The van der Waals surface area contributed by atoms with Gasteiger partial charge in [-0.25, -0.2) is 0 Å². The largest absolute Gasteiger partial charge is 0.355 e. The molecule has 1 aliphatic rings. The first-order valence-electron chi connectivity index (χ1n) is 8.90. The third-order valence-electron chi connectivity index (χ3n) is 5.09. The number of amides is 1. The van der Waals surface area contributed by atoms with Crippen molar-refractivity contribution in [1.29, 1.82) is 0 Å². The Morgan fingerprint density at radius 2 is 1.84 bits per heavy atom. The van der Waals surface area contributed by atoms with Gasteiger partial charge in [0.1, 0.15) is 0 Å². The molecule has 3 rings (SSSR count). The Labute approximate surface area is 149 Å². The van der Waals surface area contributed by atoms with E-state index in [1.807, 2.05) is 20.0 Å². The summed E-state index contributed by atoms with van der Waals surface area (Å²) >= 11 is 0. The van der Waals surface area contributed by atoms with Gasteiger partial charge in [-0.3, -0.25) is 4.79 Å². The molecule has 0 unspecified atom stereocenters. The molecule has 1 aliphatic heterocycles. The molecule has 0 N–H and O–H groups in total. The third kappa shape index (κ3) is 3.65. The molecule has 0 spiro atoms. The number of aromatic nitrogens is 2. The van der Waals surface area contributed by atoms with E-state index >= 15 is 0 Å². The summed E-state index contributed by atoms with van der Waals surface area (Å²) in [5, 5.41) is 8.43. The number of hydrogen-bond donors (Lipinski definition) is 0. The Bertz CT molecular complexity index is 751. The van der Waals surface area contributed by atoms with Gasteiger partial charge in [-0.15, -0.1) is 10.2 Å². The van der Waals surface area contributed by atoms with E-state index in [4.69, 9.17) is 0 Å². The lowest BCUT2D eigenvalue weighted by Gasteiger charge is -2.26. The topological polar surface area (TPSA) is 49.3 Å². The smallest absolute Gasteiger partial charge is 0.274 e. The van der Waals surface area contributed by atoms with Crippen LogP contribution in [-0.2, 0) is 0 Å². The van der Waals surface area contributed by atoms with Gasteiger partial charge >= 0.3 is 0 Å². The summed E-state index contributed by atoms with van der Waals surface area (Å²) in [6.45, 7) is 8.23. The summed E-state index contributed by atoms with van der Waals surface area (Å²) in [6.07, 6.45) is 2.39. The van der Waals surface area contributed by atoms with Crippen LogP contribution in [0.25, 0.3) is 0 Å². The summed E-state index contributed by atoms with van der Waals surface area (Å²) in [4.78, 5) is 16.7. The maximum atomic E-state index is 12.8. The molecule has 1 amide bonds. The summed E-state index contributed by atoms with van der Waals surface area (Å²) in [7, 11) is 1.82. The van der Waals surface area contributed by atoms with E-state index in [0.29, 0.717) is 5.69 Å². The van der Waals surface area contributed by atoms with Crippen molar-refractivity contribution >= 4 is 11.7 Å². The maximum Gasteiger partial charge on any atom is 0.274 e. The van der Waals surface area contributed by atoms with Crippen LogP contribution in [0.2, 0.25) is 0 Å². The molecule has 1 fully saturated rings. The summed E-state index contributed by atoms with van der Waals surface area (Å²) in [5.41, 5.74) is 3.94. The molecule has 0 saturated carbocycles. The molecule has 0 aliphatic carbocycles. The fourth-order valence-electron chi connectivity index (χ4n) is 3.33. The van der Waals surface area contributed by atoms with E-state index in [2.05, 4.69) is 47.1 Å². The van der Waals surface area contributed by atoms with E-state index in [0.717, 1.165) is 24.5 Å². The van der Waals surface area contributed by atoms with Crippen LogP contribution in [0.15, 0.2) is 30.3 Å². The first-order chi connectivity index (χ1) is 12.0. The second kappa shape index (κ2) is 7.21. The lowest BCUT2D eigenvalue weighted by Crippen LogP contribution is -2.31. The number of aryl methyl sites for hydroxylation is 2. The lowest BCUT2D eigenvalue weighted by molar-refractivity contribution is 0.0735. The predicted octanol–water partition coefficient (Wildman–Crippen LogP) is 3.53. The van der Waals surface area contributed by atoms with Crippen LogP contribution >= 0.6 is 0 Å². The van der Waals surface area contributed by atoms with Crippen molar-refractivity contribution in [2.75, 3.05) is 25.0 Å². The van der Waals surface area contributed by atoms with Crippen molar-refractivity contribution in [3.63, 3.8) is 0 Å². The first-order valence-corrected chi connectivity index (χ1v) is 8.90. The van der Waals surface area contributed by atoms with Gasteiger partial charge < -0.3 is 9.80 Å². The van der Waals surface area contributed by atoms with Gasteiger partial charge in [0.25, 0.3) is 5.91 Å². The molecule has 2 heterocycles. The van der Waals surface area contributed by atoms with E-state index in [1.54, 1.807) is 11.0 Å². The second-order valence-corrected chi connectivity index (χ2v) is 6.92. The highest BCUT2D eigenvalue weighted by Gasteiger charge is 2.22. The van der Waals surface area contributed by atoms with Gasteiger partial charge in [-0.2, -0.15) is 0 Å². The Hall–Kier alpha value is -2.43. The minimum atomic E-state index is -0.103. The fraction of sp³-hybridized carbons (Fsp3) is 0.450. The quantitative estimate of drug-likeness (QED) is 0.856. The van der Waals surface area contributed by atoms with Crippen LogP contribution in [0.5, 0.6) is 0 Å². The van der Waals surface area contributed by atoms with Gasteiger partial charge in [-0.1, -0.05) is 23.8 Å².